The van der Waals surface area contributed by atoms with E-state index in [1.54, 1.807) is 19.2 Å². The molecule has 188 valence electrons. The van der Waals surface area contributed by atoms with Gasteiger partial charge in [-0.1, -0.05) is 0 Å². The monoisotopic (exact) mass is 503 g/mol. The fourth-order valence-corrected chi connectivity index (χ4v) is 4.24. The van der Waals surface area contributed by atoms with Crippen molar-refractivity contribution < 1.29 is 36.2 Å². The Kier molecular flexibility index (Phi) is 7.10. The van der Waals surface area contributed by atoms with Crippen LogP contribution in [0, 0.1) is 18.6 Å². The zero-order chi connectivity index (χ0) is 26.0. The number of alkyl halides is 3. The predicted octanol–water partition coefficient (Wildman–Crippen LogP) is 7.15. The maximum atomic E-state index is 14.1. The molecule has 36 heavy (non-hydrogen) atoms. The first-order chi connectivity index (χ1) is 17.1. The van der Waals surface area contributed by atoms with Gasteiger partial charge in [-0.3, -0.25) is 4.98 Å². The van der Waals surface area contributed by atoms with Crippen molar-refractivity contribution in [3.05, 3.63) is 93.8 Å². The molecule has 0 N–H and O–H groups in total. The molecule has 1 heterocycles. The van der Waals surface area contributed by atoms with Crippen LogP contribution in [0.4, 0.5) is 22.0 Å². The van der Waals surface area contributed by atoms with Gasteiger partial charge in [-0.25, -0.2) is 13.6 Å². The van der Waals surface area contributed by atoms with E-state index in [-0.39, 0.29) is 29.0 Å². The molecule has 4 nitrogen and oxygen atoms in total. The fourth-order valence-electron chi connectivity index (χ4n) is 4.24. The lowest BCUT2D eigenvalue weighted by atomic mass is 9.94. The number of pyridine rings is 1. The first kappa shape index (κ1) is 25.3. The van der Waals surface area contributed by atoms with Gasteiger partial charge in [0.25, 0.3) is 0 Å². The quantitative estimate of drug-likeness (QED) is 0.265. The van der Waals surface area contributed by atoms with Crippen LogP contribution < -0.4 is 4.74 Å². The molecule has 0 atom stereocenters. The van der Waals surface area contributed by atoms with Crippen molar-refractivity contribution in [2.24, 2.45) is 0 Å². The lowest BCUT2D eigenvalue weighted by Gasteiger charge is -2.17. The fraction of sp³-hybridized carbons (Fsp3) is 0.259. The Morgan fingerprint density at radius 2 is 1.78 bits per heavy atom. The number of allylic oxidation sites excluding steroid dienone is 2. The molecule has 0 fully saturated rings. The molecule has 0 bridgehead atoms. The number of rotatable bonds is 6. The Balaban J connectivity index is 1.80. The van der Waals surface area contributed by atoms with E-state index < -0.39 is 29.3 Å². The normalized spacial score (nSPS) is 13.8. The zero-order valence-corrected chi connectivity index (χ0v) is 19.5. The third-order valence-electron chi connectivity index (χ3n) is 6.09. The minimum atomic E-state index is -4.58. The lowest BCUT2D eigenvalue weighted by Crippen LogP contribution is -2.08. The van der Waals surface area contributed by atoms with Crippen LogP contribution in [0.2, 0.25) is 0 Å². The van der Waals surface area contributed by atoms with E-state index in [1.165, 1.54) is 19.2 Å². The molecule has 0 amide bonds. The highest BCUT2D eigenvalue weighted by Gasteiger charge is 2.32. The smallest absolute Gasteiger partial charge is 0.416 e. The molecular weight excluding hydrogens is 481 g/mol. The second-order valence-corrected chi connectivity index (χ2v) is 8.39. The SMILES string of the molecule is COC(=O)c1cc(C2=C(c3cc(C(F)(F)F)ccc3OCc3ccc(F)cc3F)CCC2)cnc1C. The number of hydrogen-bond acceptors (Lipinski definition) is 4. The second kappa shape index (κ2) is 10.1. The van der Waals surface area contributed by atoms with Gasteiger partial charge in [-0.15, -0.1) is 0 Å². The van der Waals surface area contributed by atoms with E-state index >= 15 is 0 Å². The summed E-state index contributed by atoms with van der Waals surface area (Å²) in [6.45, 7) is 1.36. The van der Waals surface area contributed by atoms with Crippen LogP contribution in [0.1, 0.15) is 57.6 Å². The van der Waals surface area contributed by atoms with Crippen LogP contribution in [-0.2, 0) is 17.5 Å². The summed E-state index contributed by atoms with van der Waals surface area (Å²) in [6.07, 6.45) is -1.31. The van der Waals surface area contributed by atoms with Crippen LogP contribution in [0.5, 0.6) is 5.75 Å². The van der Waals surface area contributed by atoms with Gasteiger partial charge in [0.05, 0.1) is 23.9 Å². The Bertz CT molecular complexity index is 1350. The van der Waals surface area contributed by atoms with Gasteiger partial charge in [0.1, 0.15) is 24.0 Å². The summed E-state index contributed by atoms with van der Waals surface area (Å²) in [5, 5.41) is 0. The average Bonchev–Trinajstić information content (AvgIpc) is 3.32. The Labute approximate surface area is 204 Å². The maximum absolute atomic E-state index is 14.1. The molecule has 9 heteroatoms. The summed E-state index contributed by atoms with van der Waals surface area (Å²) >= 11 is 0. The highest BCUT2D eigenvalue weighted by Crippen LogP contribution is 2.45. The first-order valence-electron chi connectivity index (χ1n) is 11.1. The van der Waals surface area contributed by atoms with Gasteiger partial charge >= 0.3 is 12.1 Å². The van der Waals surface area contributed by atoms with E-state index in [0.29, 0.717) is 42.2 Å². The topological polar surface area (TPSA) is 48.4 Å². The van der Waals surface area contributed by atoms with E-state index in [1.807, 2.05) is 0 Å². The Morgan fingerprint density at radius 1 is 1.03 bits per heavy atom. The second-order valence-electron chi connectivity index (χ2n) is 8.39. The number of nitrogens with zero attached hydrogens (tertiary/aromatic N) is 1. The average molecular weight is 503 g/mol. The molecule has 0 saturated heterocycles. The zero-order valence-electron chi connectivity index (χ0n) is 19.5. The number of benzene rings is 2. The molecule has 0 aliphatic heterocycles. The third-order valence-corrected chi connectivity index (χ3v) is 6.09. The number of aromatic nitrogens is 1. The van der Waals surface area contributed by atoms with E-state index in [0.717, 1.165) is 23.8 Å². The number of methoxy groups -OCH3 is 1. The van der Waals surface area contributed by atoms with Crippen LogP contribution in [-0.4, -0.2) is 18.1 Å². The summed E-state index contributed by atoms with van der Waals surface area (Å²) in [5.41, 5.74) is 2.13. The summed E-state index contributed by atoms with van der Waals surface area (Å²) in [7, 11) is 1.25. The van der Waals surface area contributed by atoms with Crippen LogP contribution in [0.15, 0.2) is 48.7 Å². The Hall–Kier alpha value is -3.75. The summed E-state index contributed by atoms with van der Waals surface area (Å²) < 4.78 is 78.6. The minimum Gasteiger partial charge on any atom is -0.488 e. The van der Waals surface area contributed by atoms with Gasteiger partial charge in [-0.2, -0.15) is 13.2 Å². The van der Waals surface area contributed by atoms with Gasteiger partial charge in [-0.05, 0) is 79.3 Å². The van der Waals surface area contributed by atoms with Crippen molar-refractivity contribution in [3.8, 4) is 5.75 Å². The van der Waals surface area contributed by atoms with Crippen molar-refractivity contribution in [1.82, 2.24) is 4.98 Å². The van der Waals surface area contributed by atoms with Crippen LogP contribution in [0.25, 0.3) is 11.1 Å². The van der Waals surface area contributed by atoms with Crippen LogP contribution >= 0.6 is 0 Å². The van der Waals surface area contributed by atoms with Crippen molar-refractivity contribution in [2.45, 2.75) is 39.0 Å². The van der Waals surface area contributed by atoms with Crippen molar-refractivity contribution in [3.63, 3.8) is 0 Å². The van der Waals surface area contributed by atoms with Crippen molar-refractivity contribution in [2.75, 3.05) is 7.11 Å². The molecule has 2 aromatic carbocycles. The Morgan fingerprint density at radius 3 is 2.47 bits per heavy atom. The summed E-state index contributed by atoms with van der Waals surface area (Å²) in [6, 6.07) is 7.76. The molecule has 4 rings (SSSR count). The van der Waals surface area contributed by atoms with Gasteiger partial charge in [0.2, 0.25) is 0 Å². The maximum Gasteiger partial charge on any atom is 0.416 e. The molecule has 0 unspecified atom stereocenters. The summed E-state index contributed by atoms with van der Waals surface area (Å²) in [4.78, 5) is 16.4. The summed E-state index contributed by atoms with van der Waals surface area (Å²) in [5.74, 6) is -1.99. The minimum absolute atomic E-state index is 0.0633. The molecule has 3 aromatic rings. The van der Waals surface area contributed by atoms with E-state index in [9.17, 15) is 26.7 Å². The van der Waals surface area contributed by atoms with E-state index in [4.69, 9.17) is 9.47 Å². The molecular formula is C27H22F5NO3. The number of esters is 1. The molecule has 1 aliphatic carbocycles. The number of halogens is 5. The predicted molar refractivity (Wildman–Crippen MR) is 123 cm³/mol. The first-order valence-corrected chi connectivity index (χ1v) is 11.1. The highest BCUT2D eigenvalue weighted by atomic mass is 19.4. The standard InChI is InChI=1S/C27H22F5NO3/c1-15-22(26(34)35-2)10-17(13-33-15)20-4-3-5-21(20)23-11-18(27(30,31)32)7-9-25(23)36-14-16-6-8-19(28)12-24(16)29/h6-13H,3-5,14H2,1-2H3. The molecule has 0 saturated carbocycles. The lowest BCUT2D eigenvalue weighted by molar-refractivity contribution is -0.137. The molecule has 1 aliphatic rings. The molecule has 0 spiro atoms. The highest BCUT2D eigenvalue weighted by molar-refractivity contribution is 5.97. The molecule has 1 aromatic heterocycles. The van der Waals surface area contributed by atoms with Gasteiger partial charge in [0.15, 0.2) is 0 Å². The third kappa shape index (κ3) is 5.24. The number of aryl methyl sites for hydroxylation is 1. The number of hydrogen-bond donors (Lipinski definition) is 0. The van der Waals surface area contributed by atoms with Gasteiger partial charge < -0.3 is 9.47 Å². The number of carbonyl (C=O) groups excluding carboxylic acids is 1. The van der Waals surface area contributed by atoms with Crippen molar-refractivity contribution in [1.29, 1.82) is 0 Å². The largest absolute Gasteiger partial charge is 0.488 e. The molecule has 0 radical (unpaired) electrons. The van der Waals surface area contributed by atoms with Crippen molar-refractivity contribution >= 4 is 17.1 Å². The number of ether oxygens (including phenoxy) is 2. The number of carbonyl (C=O) groups is 1. The van der Waals surface area contributed by atoms with Gasteiger partial charge in [0, 0.05) is 23.4 Å². The van der Waals surface area contributed by atoms with Crippen LogP contribution in [0.3, 0.4) is 0 Å². The van der Waals surface area contributed by atoms with E-state index in [2.05, 4.69) is 4.98 Å².